The van der Waals surface area contributed by atoms with Gasteiger partial charge in [-0.2, -0.15) is 5.10 Å². The van der Waals surface area contributed by atoms with Crippen LogP contribution in [0.5, 0.6) is 0 Å². The normalized spacial score (nSPS) is 10.9. The summed E-state index contributed by atoms with van der Waals surface area (Å²) < 4.78 is 1.70. The number of halogens is 1. The molecule has 0 radical (unpaired) electrons. The third-order valence-corrected chi connectivity index (χ3v) is 1.22. The first-order valence-corrected chi connectivity index (χ1v) is 3.30. The fourth-order valence-electron chi connectivity index (χ4n) is 0.627. The fourth-order valence-corrected chi connectivity index (χ4v) is 0.707. The molecule has 54 valence electrons. The van der Waals surface area contributed by atoms with Crippen LogP contribution in [0.1, 0.15) is 0 Å². The van der Waals surface area contributed by atoms with Gasteiger partial charge in [0.1, 0.15) is 5.82 Å². The molecule has 0 aliphatic carbocycles. The maximum Gasteiger partial charge on any atom is 0.145 e. The van der Waals surface area contributed by atoms with Gasteiger partial charge in [-0.1, -0.05) is 17.7 Å². The number of nitrogen functional groups attached to an aromatic ring is 1. The highest BCUT2D eigenvalue weighted by atomic mass is 35.5. The Balaban J connectivity index is 2.58. The first kappa shape index (κ1) is 7.15. The molecule has 0 fully saturated rings. The van der Waals surface area contributed by atoms with Gasteiger partial charge in [0.25, 0.3) is 0 Å². The van der Waals surface area contributed by atoms with E-state index in [9.17, 15) is 0 Å². The van der Waals surface area contributed by atoms with E-state index >= 15 is 0 Å². The van der Waals surface area contributed by atoms with Gasteiger partial charge in [0, 0.05) is 11.7 Å². The molecule has 0 aliphatic heterocycles. The molecule has 0 spiro atoms. The lowest BCUT2D eigenvalue weighted by Gasteiger charge is -1.91. The molecule has 4 heteroatoms. The van der Waals surface area contributed by atoms with Crippen molar-refractivity contribution in [3.63, 3.8) is 0 Å². The van der Waals surface area contributed by atoms with Gasteiger partial charge in [0.2, 0.25) is 0 Å². The van der Waals surface area contributed by atoms with Crippen LogP contribution >= 0.6 is 11.6 Å². The molecule has 0 atom stereocenters. The third kappa shape index (κ3) is 1.77. The van der Waals surface area contributed by atoms with Crippen LogP contribution in [0.25, 0.3) is 0 Å². The summed E-state index contributed by atoms with van der Waals surface area (Å²) in [5, 5.41) is 3.93. The van der Waals surface area contributed by atoms with E-state index in [1.807, 2.05) is 0 Å². The molecule has 0 saturated heterocycles. The Morgan fingerprint density at radius 1 is 1.80 bits per heavy atom. The summed E-state index contributed by atoms with van der Waals surface area (Å²) in [5.74, 6) is 0.531. The van der Waals surface area contributed by atoms with E-state index in [0.717, 1.165) is 0 Å². The van der Waals surface area contributed by atoms with Crippen LogP contribution in [0.3, 0.4) is 0 Å². The predicted octanol–water partition coefficient (Wildman–Crippen LogP) is 1.22. The van der Waals surface area contributed by atoms with Crippen LogP contribution < -0.4 is 5.73 Å². The molecule has 10 heavy (non-hydrogen) atoms. The number of nitrogens with zero attached hydrogens (tertiary/aromatic N) is 2. The molecular formula is C6H8ClN3. The van der Waals surface area contributed by atoms with Crippen LogP contribution in [0.4, 0.5) is 5.82 Å². The third-order valence-electron chi connectivity index (χ3n) is 1.04. The second-order valence-electron chi connectivity index (χ2n) is 1.82. The zero-order valence-corrected chi connectivity index (χ0v) is 6.12. The number of nitrogens with two attached hydrogens (primary N) is 1. The van der Waals surface area contributed by atoms with Gasteiger partial charge >= 0.3 is 0 Å². The summed E-state index contributed by atoms with van der Waals surface area (Å²) in [6.45, 7) is 0.667. The summed E-state index contributed by atoms with van der Waals surface area (Å²) in [6.07, 6.45) is 3.58. The number of allylic oxidation sites excluding steroid dienone is 1. The van der Waals surface area contributed by atoms with Gasteiger partial charge in [-0.25, -0.2) is 0 Å². The second kappa shape index (κ2) is 3.27. The number of hydrogen-bond acceptors (Lipinski definition) is 2. The first-order chi connectivity index (χ1) is 4.83. The summed E-state index contributed by atoms with van der Waals surface area (Å²) in [4.78, 5) is 0. The lowest BCUT2D eigenvalue weighted by atomic mass is 10.6. The van der Waals surface area contributed by atoms with E-state index in [-0.39, 0.29) is 0 Å². The molecule has 0 bridgehead atoms. The van der Waals surface area contributed by atoms with E-state index < -0.39 is 0 Å². The summed E-state index contributed by atoms with van der Waals surface area (Å²) in [6, 6.07) is 1.74. The van der Waals surface area contributed by atoms with E-state index in [0.29, 0.717) is 12.4 Å². The molecule has 0 saturated carbocycles. The first-order valence-electron chi connectivity index (χ1n) is 2.87. The summed E-state index contributed by atoms with van der Waals surface area (Å²) >= 11 is 5.31. The molecule has 0 amide bonds. The number of rotatable bonds is 2. The average Bonchev–Trinajstić information content (AvgIpc) is 2.31. The minimum atomic E-state index is 0.531. The fraction of sp³-hybridized carbons (Fsp3) is 0.167. The smallest absolute Gasteiger partial charge is 0.145 e. The molecule has 1 aromatic rings. The second-order valence-corrected chi connectivity index (χ2v) is 2.08. The number of aromatic nitrogens is 2. The van der Waals surface area contributed by atoms with Gasteiger partial charge in [0.15, 0.2) is 0 Å². The van der Waals surface area contributed by atoms with Crippen LogP contribution in [0.15, 0.2) is 23.9 Å². The molecule has 0 aromatic carbocycles. The van der Waals surface area contributed by atoms with Gasteiger partial charge < -0.3 is 5.73 Å². The Kier molecular flexibility index (Phi) is 2.34. The van der Waals surface area contributed by atoms with Crippen molar-refractivity contribution in [3.8, 4) is 0 Å². The van der Waals surface area contributed by atoms with Gasteiger partial charge in [-0.15, -0.1) is 0 Å². The summed E-state index contributed by atoms with van der Waals surface area (Å²) in [7, 11) is 0. The van der Waals surface area contributed by atoms with E-state index in [4.69, 9.17) is 17.3 Å². The van der Waals surface area contributed by atoms with E-state index in [1.54, 1.807) is 23.0 Å². The molecule has 3 nitrogen and oxygen atoms in total. The molecule has 0 aliphatic rings. The lowest BCUT2D eigenvalue weighted by Crippen LogP contribution is -1.96. The topological polar surface area (TPSA) is 43.8 Å². The van der Waals surface area contributed by atoms with Crippen molar-refractivity contribution in [1.82, 2.24) is 9.78 Å². The molecule has 1 aromatic heterocycles. The van der Waals surface area contributed by atoms with Crippen LogP contribution in [0.2, 0.25) is 0 Å². The molecule has 2 N–H and O–H groups in total. The van der Waals surface area contributed by atoms with Gasteiger partial charge in [-0.3, -0.25) is 4.68 Å². The largest absolute Gasteiger partial charge is 0.382 e. The van der Waals surface area contributed by atoms with Crippen molar-refractivity contribution in [2.24, 2.45) is 0 Å². The number of hydrogen-bond donors (Lipinski definition) is 1. The SMILES string of the molecule is Nc1ccn(C/C=C/Cl)n1. The Morgan fingerprint density at radius 3 is 3.10 bits per heavy atom. The molecule has 1 rings (SSSR count). The van der Waals surface area contributed by atoms with Crippen LogP contribution in [-0.4, -0.2) is 9.78 Å². The Morgan fingerprint density at radius 2 is 2.60 bits per heavy atom. The lowest BCUT2D eigenvalue weighted by molar-refractivity contribution is 0.706. The predicted molar refractivity (Wildman–Crippen MR) is 41.6 cm³/mol. The van der Waals surface area contributed by atoms with Gasteiger partial charge in [-0.05, 0) is 6.07 Å². The number of anilines is 1. The van der Waals surface area contributed by atoms with Crippen molar-refractivity contribution in [3.05, 3.63) is 23.9 Å². The van der Waals surface area contributed by atoms with E-state index in [1.165, 1.54) is 5.54 Å². The maximum absolute atomic E-state index is 5.36. The zero-order valence-electron chi connectivity index (χ0n) is 5.37. The van der Waals surface area contributed by atoms with E-state index in [2.05, 4.69) is 5.10 Å². The van der Waals surface area contributed by atoms with Crippen LogP contribution in [0, 0.1) is 0 Å². The summed E-state index contributed by atoms with van der Waals surface area (Å²) in [5.41, 5.74) is 6.82. The quantitative estimate of drug-likeness (QED) is 0.702. The monoisotopic (exact) mass is 157 g/mol. The maximum atomic E-state index is 5.36. The van der Waals surface area contributed by atoms with Crippen molar-refractivity contribution >= 4 is 17.4 Å². The molecule has 0 unspecified atom stereocenters. The molecule has 1 heterocycles. The van der Waals surface area contributed by atoms with Gasteiger partial charge in [0.05, 0.1) is 6.54 Å². The van der Waals surface area contributed by atoms with Crippen molar-refractivity contribution in [2.75, 3.05) is 5.73 Å². The van der Waals surface area contributed by atoms with Crippen LogP contribution in [-0.2, 0) is 6.54 Å². The average molecular weight is 158 g/mol. The Labute approximate surface area is 64.1 Å². The highest BCUT2D eigenvalue weighted by Crippen LogP contribution is 1.95. The molecular weight excluding hydrogens is 150 g/mol. The standard InChI is InChI=1S/C6H8ClN3/c7-3-1-4-10-5-2-6(8)9-10/h1-3,5H,4H2,(H2,8,9)/b3-1+. The highest BCUT2D eigenvalue weighted by Gasteiger charge is 1.88. The van der Waals surface area contributed by atoms with Crippen molar-refractivity contribution < 1.29 is 0 Å². The van der Waals surface area contributed by atoms with Crippen molar-refractivity contribution in [1.29, 1.82) is 0 Å². The van der Waals surface area contributed by atoms with Crippen molar-refractivity contribution in [2.45, 2.75) is 6.54 Å². The minimum Gasteiger partial charge on any atom is -0.382 e. The zero-order chi connectivity index (χ0) is 7.40. The Hall–Kier alpha value is -0.960. The Bertz CT molecular complexity index is 229. The highest BCUT2D eigenvalue weighted by molar-refractivity contribution is 6.25. The minimum absolute atomic E-state index is 0.531.